The number of nitrogens with zero attached hydrogens (tertiary/aromatic N) is 1. The maximum atomic E-state index is 12.7. The Kier molecular flexibility index (Phi) is 6.89. The van der Waals surface area contributed by atoms with Crippen LogP contribution in [0.25, 0.3) is 0 Å². The van der Waals surface area contributed by atoms with Crippen molar-refractivity contribution in [2.45, 2.75) is 13.3 Å². The quantitative estimate of drug-likeness (QED) is 0.779. The van der Waals surface area contributed by atoms with Crippen molar-refractivity contribution in [3.63, 3.8) is 0 Å². The van der Waals surface area contributed by atoms with Crippen LogP contribution in [0.1, 0.15) is 13.3 Å². The number of hydrogen-bond donors (Lipinski definition) is 1. The van der Waals surface area contributed by atoms with Crippen LogP contribution in [-0.2, 0) is 4.79 Å². The lowest BCUT2D eigenvalue weighted by Crippen LogP contribution is -2.37. The Hall–Kier alpha value is -1.62. The average molecular weight is 268 g/mol. The molecule has 0 fully saturated rings. The summed E-state index contributed by atoms with van der Waals surface area (Å²) >= 11 is 0. The minimum Gasteiger partial charge on any atom is -0.492 e. The molecule has 0 aliphatic carbocycles. The molecule has 0 unspecified atom stereocenters. The second-order valence-electron chi connectivity index (χ2n) is 4.39. The van der Waals surface area contributed by atoms with Crippen molar-refractivity contribution >= 4 is 5.91 Å². The molecule has 1 amide bonds. The van der Waals surface area contributed by atoms with Gasteiger partial charge in [0.2, 0.25) is 5.91 Å². The molecule has 1 N–H and O–H groups in total. The van der Waals surface area contributed by atoms with Crippen molar-refractivity contribution in [2.75, 3.05) is 33.3 Å². The molecule has 0 radical (unpaired) electrons. The summed E-state index contributed by atoms with van der Waals surface area (Å²) in [4.78, 5) is 13.3. The van der Waals surface area contributed by atoms with Crippen molar-refractivity contribution in [2.24, 2.45) is 0 Å². The molecular weight excluding hydrogens is 247 g/mol. The lowest BCUT2D eigenvalue weighted by Gasteiger charge is -2.16. The van der Waals surface area contributed by atoms with E-state index in [1.165, 1.54) is 12.1 Å². The van der Waals surface area contributed by atoms with Gasteiger partial charge in [0.1, 0.15) is 18.2 Å². The van der Waals surface area contributed by atoms with Crippen LogP contribution in [0.2, 0.25) is 0 Å². The van der Waals surface area contributed by atoms with E-state index in [9.17, 15) is 9.18 Å². The maximum absolute atomic E-state index is 12.7. The van der Waals surface area contributed by atoms with Gasteiger partial charge in [0.15, 0.2) is 0 Å². The summed E-state index contributed by atoms with van der Waals surface area (Å²) < 4.78 is 18.1. The molecule has 5 heteroatoms. The van der Waals surface area contributed by atoms with E-state index < -0.39 is 0 Å². The number of rotatable bonds is 8. The molecule has 19 heavy (non-hydrogen) atoms. The van der Waals surface area contributed by atoms with Crippen molar-refractivity contribution in [3.8, 4) is 5.75 Å². The van der Waals surface area contributed by atoms with E-state index in [2.05, 4.69) is 5.32 Å². The third kappa shape index (κ3) is 6.76. The third-order valence-corrected chi connectivity index (χ3v) is 2.54. The fourth-order valence-corrected chi connectivity index (χ4v) is 1.49. The number of carbonyl (C=O) groups is 1. The molecule has 0 spiro atoms. The first-order valence-corrected chi connectivity index (χ1v) is 6.45. The predicted molar refractivity (Wildman–Crippen MR) is 72.7 cm³/mol. The van der Waals surface area contributed by atoms with Crippen molar-refractivity contribution in [1.29, 1.82) is 0 Å². The molecule has 0 atom stereocenters. The first-order valence-electron chi connectivity index (χ1n) is 6.45. The van der Waals surface area contributed by atoms with Gasteiger partial charge in [-0.3, -0.25) is 9.69 Å². The van der Waals surface area contributed by atoms with E-state index in [0.29, 0.717) is 32.0 Å². The van der Waals surface area contributed by atoms with Crippen LogP contribution in [0.5, 0.6) is 5.75 Å². The molecule has 0 aliphatic rings. The number of carbonyl (C=O) groups excluding carboxylic acids is 1. The molecule has 0 saturated carbocycles. The number of nitrogens with one attached hydrogen (secondary N) is 1. The van der Waals surface area contributed by atoms with Gasteiger partial charge in [-0.05, 0) is 37.7 Å². The predicted octanol–water partition coefficient (Wildman–Crippen LogP) is 1.66. The Bertz CT molecular complexity index is 382. The second-order valence-corrected chi connectivity index (χ2v) is 4.39. The topological polar surface area (TPSA) is 41.6 Å². The lowest BCUT2D eigenvalue weighted by atomic mass is 10.3. The lowest BCUT2D eigenvalue weighted by molar-refractivity contribution is -0.122. The highest BCUT2D eigenvalue weighted by Crippen LogP contribution is 2.10. The molecule has 1 aromatic rings. The van der Waals surface area contributed by atoms with Gasteiger partial charge in [0.05, 0.1) is 6.54 Å². The minimum absolute atomic E-state index is 0.0196. The number of amides is 1. The Morgan fingerprint density at radius 1 is 1.37 bits per heavy atom. The van der Waals surface area contributed by atoms with Gasteiger partial charge in [0.25, 0.3) is 0 Å². The summed E-state index contributed by atoms with van der Waals surface area (Å²) in [7, 11) is 1.86. The molecule has 0 saturated heterocycles. The summed E-state index contributed by atoms with van der Waals surface area (Å²) in [5.41, 5.74) is 0. The number of hydrogen-bond acceptors (Lipinski definition) is 3. The van der Waals surface area contributed by atoms with E-state index in [4.69, 9.17) is 4.74 Å². The van der Waals surface area contributed by atoms with Crippen LogP contribution in [0.15, 0.2) is 24.3 Å². The van der Waals surface area contributed by atoms with Crippen LogP contribution < -0.4 is 10.1 Å². The smallest absolute Gasteiger partial charge is 0.234 e. The first-order chi connectivity index (χ1) is 9.11. The van der Waals surface area contributed by atoms with Crippen LogP contribution in [0.4, 0.5) is 4.39 Å². The summed E-state index contributed by atoms with van der Waals surface area (Å²) in [5, 5.41) is 2.81. The number of likely N-dealkylation sites (N-methyl/N-ethyl adjacent to an activating group) is 1. The zero-order valence-electron chi connectivity index (χ0n) is 11.5. The molecule has 1 aromatic carbocycles. The van der Waals surface area contributed by atoms with Gasteiger partial charge in [-0.2, -0.15) is 0 Å². The third-order valence-electron chi connectivity index (χ3n) is 2.54. The molecule has 0 heterocycles. The van der Waals surface area contributed by atoms with Gasteiger partial charge in [-0.15, -0.1) is 0 Å². The number of benzene rings is 1. The minimum atomic E-state index is -0.280. The highest BCUT2D eigenvalue weighted by atomic mass is 19.1. The standard InChI is InChI=1S/C14H21FN2O2/c1-3-8-16-14(18)11-17(2)9-10-19-13-6-4-12(15)5-7-13/h4-7H,3,8-11H2,1-2H3,(H,16,18). The molecule has 4 nitrogen and oxygen atoms in total. The van der Waals surface area contributed by atoms with Gasteiger partial charge in [0, 0.05) is 13.1 Å². The van der Waals surface area contributed by atoms with Crippen LogP contribution in [0, 0.1) is 5.82 Å². The molecule has 0 aromatic heterocycles. The zero-order valence-corrected chi connectivity index (χ0v) is 11.5. The Labute approximate surface area is 113 Å². The van der Waals surface area contributed by atoms with Gasteiger partial charge >= 0.3 is 0 Å². The summed E-state index contributed by atoms with van der Waals surface area (Å²) in [5.74, 6) is 0.369. The Morgan fingerprint density at radius 3 is 2.68 bits per heavy atom. The van der Waals surface area contributed by atoms with Gasteiger partial charge < -0.3 is 10.1 Å². The SMILES string of the molecule is CCCNC(=O)CN(C)CCOc1ccc(F)cc1. The van der Waals surface area contributed by atoms with Crippen LogP contribution >= 0.6 is 0 Å². The Morgan fingerprint density at radius 2 is 2.05 bits per heavy atom. The highest BCUT2D eigenvalue weighted by molar-refractivity contribution is 5.77. The fourth-order valence-electron chi connectivity index (χ4n) is 1.49. The van der Waals surface area contributed by atoms with E-state index in [0.717, 1.165) is 6.42 Å². The van der Waals surface area contributed by atoms with E-state index in [1.54, 1.807) is 12.1 Å². The van der Waals surface area contributed by atoms with E-state index in [1.807, 2.05) is 18.9 Å². The monoisotopic (exact) mass is 268 g/mol. The second kappa shape index (κ2) is 8.48. The number of ether oxygens (including phenoxy) is 1. The molecular formula is C14H21FN2O2. The van der Waals surface area contributed by atoms with Crippen LogP contribution in [-0.4, -0.2) is 44.1 Å². The molecule has 0 aliphatic heterocycles. The van der Waals surface area contributed by atoms with Crippen LogP contribution in [0.3, 0.4) is 0 Å². The van der Waals surface area contributed by atoms with Crippen molar-refractivity contribution in [1.82, 2.24) is 10.2 Å². The summed E-state index contributed by atoms with van der Waals surface area (Å²) in [6.45, 7) is 4.17. The maximum Gasteiger partial charge on any atom is 0.234 e. The van der Waals surface area contributed by atoms with Crippen molar-refractivity contribution < 1.29 is 13.9 Å². The summed E-state index contributed by atoms with van der Waals surface area (Å²) in [6.07, 6.45) is 0.934. The largest absolute Gasteiger partial charge is 0.492 e. The van der Waals surface area contributed by atoms with E-state index in [-0.39, 0.29) is 11.7 Å². The number of halogens is 1. The van der Waals surface area contributed by atoms with E-state index >= 15 is 0 Å². The molecule has 1 rings (SSSR count). The highest BCUT2D eigenvalue weighted by Gasteiger charge is 2.05. The van der Waals surface area contributed by atoms with Crippen molar-refractivity contribution in [3.05, 3.63) is 30.1 Å². The zero-order chi connectivity index (χ0) is 14.1. The molecule has 0 bridgehead atoms. The summed E-state index contributed by atoms with van der Waals surface area (Å²) in [6, 6.07) is 5.89. The normalized spacial score (nSPS) is 10.5. The average Bonchev–Trinajstić information content (AvgIpc) is 2.38. The fraction of sp³-hybridized carbons (Fsp3) is 0.500. The Balaban J connectivity index is 2.18. The van der Waals surface area contributed by atoms with Gasteiger partial charge in [-0.25, -0.2) is 4.39 Å². The molecule has 106 valence electrons. The first kappa shape index (κ1) is 15.4. The van der Waals surface area contributed by atoms with Gasteiger partial charge in [-0.1, -0.05) is 6.92 Å².